The first kappa shape index (κ1) is 44.2. The van der Waals surface area contributed by atoms with Gasteiger partial charge in [0.1, 0.15) is 23.3 Å². The van der Waals surface area contributed by atoms with E-state index < -0.39 is 41.2 Å². The first-order valence-electron chi connectivity index (χ1n) is 20.3. The molecule has 2 aromatic rings. The van der Waals surface area contributed by atoms with Crippen molar-refractivity contribution in [3.63, 3.8) is 0 Å². The highest BCUT2D eigenvalue weighted by Gasteiger charge is 2.41. The third-order valence-electron chi connectivity index (χ3n) is 10.7. The third-order valence-corrected chi connectivity index (χ3v) is 10.7. The van der Waals surface area contributed by atoms with Crippen LogP contribution in [0, 0.1) is 5.92 Å². The quantitative estimate of drug-likeness (QED) is 0.298. The molecule has 0 aromatic heterocycles. The van der Waals surface area contributed by atoms with Crippen LogP contribution in [0.5, 0.6) is 0 Å². The van der Waals surface area contributed by atoms with E-state index in [1.165, 1.54) is 9.80 Å². The second kappa shape index (κ2) is 17.3. The van der Waals surface area contributed by atoms with E-state index in [0.717, 1.165) is 23.1 Å². The molecule has 4 fully saturated rings. The van der Waals surface area contributed by atoms with Crippen LogP contribution in [0.25, 0.3) is 0 Å². The fourth-order valence-electron chi connectivity index (χ4n) is 7.69. The van der Waals surface area contributed by atoms with Crippen LogP contribution in [0.15, 0.2) is 36.4 Å². The summed E-state index contributed by atoms with van der Waals surface area (Å²) in [4.78, 5) is 111. The van der Waals surface area contributed by atoms with Gasteiger partial charge in [0.2, 0.25) is 23.6 Å². The number of ether oxygens (including phenoxy) is 2. The predicted molar refractivity (Wildman–Crippen MR) is 217 cm³/mol. The zero-order valence-corrected chi connectivity index (χ0v) is 35.3. The highest BCUT2D eigenvalue weighted by Crippen LogP contribution is 2.31. The van der Waals surface area contributed by atoms with Gasteiger partial charge in [0.25, 0.3) is 11.8 Å². The molecule has 61 heavy (non-hydrogen) atoms. The van der Waals surface area contributed by atoms with E-state index in [4.69, 9.17) is 15.2 Å². The van der Waals surface area contributed by atoms with Crippen LogP contribution in [-0.2, 0) is 53.0 Å². The molecule has 326 valence electrons. The van der Waals surface area contributed by atoms with Crippen molar-refractivity contribution in [2.75, 3.05) is 31.9 Å². The molecule has 0 bridgehead atoms. The van der Waals surface area contributed by atoms with E-state index in [1.807, 2.05) is 39.0 Å². The number of carbonyl (C=O) groups is 9. The van der Waals surface area contributed by atoms with E-state index in [-0.39, 0.29) is 61.4 Å². The molecule has 2 atom stereocenters. The molecular formula is C43H53N7O11. The van der Waals surface area contributed by atoms with Gasteiger partial charge in [-0.05, 0) is 108 Å². The summed E-state index contributed by atoms with van der Waals surface area (Å²) < 4.78 is 10.4. The summed E-state index contributed by atoms with van der Waals surface area (Å²) in [5.74, 6) is -1.26. The van der Waals surface area contributed by atoms with Crippen LogP contribution in [-0.4, -0.2) is 122 Å². The molecule has 6 aliphatic rings. The number of hydrogen-bond acceptors (Lipinski definition) is 12. The number of benzene rings is 2. The van der Waals surface area contributed by atoms with E-state index in [1.54, 1.807) is 48.8 Å². The number of piperidine rings is 2. The van der Waals surface area contributed by atoms with Crippen LogP contribution in [0.1, 0.15) is 105 Å². The number of nitrogen functional groups attached to an aromatic ring is 1. The molecule has 8 amide bonds. The van der Waals surface area contributed by atoms with E-state index in [0.29, 0.717) is 61.8 Å². The minimum atomic E-state index is -0.597. The smallest absolute Gasteiger partial charge is 0.411 e. The van der Waals surface area contributed by atoms with Gasteiger partial charge >= 0.3 is 12.2 Å². The van der Waals surface area contributed by atoms with Gasteiger partial charge in [-0.1, -0.05) is 12.1 Å². The fourth-order valence-corrected chi connectivity index (χ4v) is 7.69. The van der Waals surface area contributed by atoms with Crippen molar-refractivity contribution in [2.24, 2.45) is 5.92 Å². The Bertz CT molecular complexity index is 2160. The Labute approximate surface area is 353 Å². The molecule has 2 aromatic carbocycles. The number of carbonyl (C=O) groups excluding carboxylic acids is 9. The number of hydrogen-bond donors (Lipinski definition) is 3. The van der Waals surface area contributed by atoms with Gasteiger partial charge in [0.05, 0.1) is 13.1 Å². The number of anilines is 1. The molecule has 2 unspecified atom stereocenters. The normalized spacial score (nSPS) is 21.2. The van der Waals surface area contributed by atoms with Crippen molar-refractivity contribution < 1.29 is 52.6 Å². The van der Waals surface area contributed by atoms with Gasteiger partial charge in [-0.25, -0.2) is 9.59 Å². The molecule has 0 radical (unpaired) electrons. The average Bonchev–Trinajstić information content (AvgIpc) is 3.61. The first-order chi connectivity index (χ1) is 28.5. The number of amides is 8. The lowest BCUT2D eigenvalue weighted by Gasteiger charge is -2.40. The van der Waals surface area contributed by atoms with Gasteiger partial charge in [0.15, 0.2) is 5.78 Å². The second-order valence-corrected chi connectivity index (χ2v) is 18.0. The zero-order valence-electron chi connectivity index (χ0n) is 35.3. The van der Waals surface area contributed by atoms with Crippen LogP contribution >= 0.6 is 0 Å². The fraction of sp³-hybridized carbons (Fsp3) is 0.512. The van der Waals surface area contributed by atoms with E-state index in [9.17, 15) is 43.2 Å². The predicted octanol–water partition coefficient (Wildman–Crippen LogP) is 2.69. The second-order valence-electron chi connectivity index (χ2n) is 18.0. The van der Waals surface area contributed by atoms with Gasteiger partial charge in [-0.2, -0.15) is 0 Å². The summed E-state index contributed by atoms with van der Waals surface area (Å²) in [5, 5.41) is 4.59. The molecule has 4 N–H and O–H groups in total. The maximum Gasteiger partial charge on any atom is 0.411 e. The van der Waals surface area contributed by atoms with Gasteiger partial charge in [0, 0.05) is 55.8 Å². The van der Waals surface area contributed by atoms with Crippen LogP contribution in [0.2, 0.25) is 0 Å². The Balaban J connectivity index is 0.000000171. The Kier molecular flexibility index (Phi) is 12.6. The number of Topliss-reactive ketones (excluding diaryl/α,β-unsaturated/α-hetero) is 1. The van der Waals surface area contributed by atoms with Crippen molar-refractivity contribution in [3.8, 4) is 0 Å². The summed E-state index contributed by atoms with van der Waals surface area (Å²) in [6, 6.07) is 9.72. The highest BCUT2D eigenvalue weighted by molar-refractivity contribution is 6.06. The maximum absolute atomic E-state index is 12.8. The number of imide groups is 2. The Hall–Kier alpha value is -6.33. The topological polar surface area (TPSA) is 235 Å². The summed E-state index contributed by atoms with van der Waals surface area (Å²) in [6.45, 7) is 13.4. The molecule has 18 heteroatoms. The minimum Gasteiger partial charge on any atom is -0.444 e. The van der Waals surface area contributed by atoms with Crippen molar-refractivity contribution in [1.82, 2.24) is 30.2 Å². The molecule has 18 nitrogen and oxygen atoms in total. The SMILES string of the molecule is CC(C)(C)OC(=O)N1CC(=O)C1.CC(C)(C)OC(=O)N1CC(Cc2ccc3c(c2)CN(C2CCC(=O)NC2=O)C3=O)C1.Nc1ccc2c(c1)CN(C1CCC(=O)NC1=O)C2=O. The first-order valence-corrected chi connectivity index (χ1v) is 20.3. The van der Waals surface area contributed by atoms with Gasteiger partial charge in [-0.15, -0.1) is 0 Å². The standard InChI is InChI=1S/C22H27N3O5.C13H13N3O3.C8H13NO3/c1-22(2,3)30-21(29)24-10-14(11-24)8-13-4-5-16-15(9-13)12-25(20(16)28)17-6-7-18(26)23-19(17)27;14-8-1-2-9-7(5-8)6-16(13(9)19)10-3-4-11(17)15-12(10)18;1-8(2,3)12-7(11)9-4-6(10)5-9/h4-5,9,14,17H,6-8,10-12H2,1-3H3,(H,23,26,27);1-2,5,10H,3-4,6,14H2,(H,15,17,18);4-5H2,1-3H3. The molecular weight excluding hydrogens is 791 g/mol. The molecule has 6 aliphatic heterocycles. The Morgan fingerprint density at radius 2 is 1.11 bits per heavy atom. The maximum atomic E-state index is 12.8. The summed E-state index contributed by atoms with van der Waals surface area (Å²) in [7, 11) is 0. The molecule has 0 aliphatic carbocycles. The lowest BCUT2D eigenvalue weighted by atomic mass is 9.91. The van der Waals surface area contributed by atoms with Crippen LogP contribution < -0.4 is 16.4 Å². The third kappa shape index (κ3) is 10.7. The summed E-state index contributed by atoms with van der Waals surface area (Å²) >= 11 is 0. The average molecular weight is 844 g/mol. The zero-order chi connectivity index (χ0) is 44.6. The lowest BCUT2D eigenvalue weighted by molar-refractivity contribution is -0.138. The molecule has 0 saturated carbocycles. The summed E-state index contributed by atoms with van der Waals surface area (Å²) in [6.07, 6.45) is 1.38. The van der Waals surface area contributed by atoms with E-state index in [2.05, 4.69) is 10.6 Å². The monoisotopic (exact) mass is 843 g/mol. The number of likely N-dealkylation sites (tertiary alicyclic amines) is 2. The summed E-state index contributed by atoms with van der Waals surface area (Å²) in [5.41, 5.74) is 9.36. The number of rotatable bonds is 4. The largest absolute Gasteiger partial charge is 0.444 e. The van der Waals surface area contributed by atoms with E-state index >= 15 is 0 Å². The highest BCUT2D eigenvalue weighted by atomic mass is 16.6. The number of nitrogens with one attached hydrogen (secondary N) is 2. The molecule has 8 rings (SSSR count). The van der Waals surface area contributed by atoms with Crippen molar-refractivity contribution in [2.45, 2.75) is 110 Å². The molecule has 6 heterocycles. The Morgan fingerprint density at radius 1 is 0.656 bits per heavy atom. The number of nitrogens with zero attached hydrogens (tertiary/aromatic N) is 4. The molecule has 0 spiro atoms. The van der Waals surface area contributed by atoms with Crippen LogP contribution in [0.4, 0.5) is 15.3 Å². The molecule has 4 saturated heterocycles. The van der Waals surface area contributed by atoms with Gasteiger partial charge in [-0.3, -0.25) is 49.1 Å². The minimum absolute atomic E-state index is 0.0841. The van der Waals surface area contributed by atoms with Gasteiger partial charge < -0.3 is 29.9 Å². The van der Waals surface area contributed by atoms with Crippen molar-refractivity contribution in [3.05, 3.63) is 64.2 Å². The number of fused-ring (bicyclic) bond motifs is 2. The lowest BCUT2D eigenvalue weighted by Crippen LogP contribution is -2.52. The number of ketones is 1. The van der Waals surface area contributed by atoms with Crippen molar-refractivity contribution >= 4 is 59.1 Å². The van der Waals surface area contributed by atoms with Crippen molar-refractivity contribution in [1.29, 1.82) is 0 Å². The van der Waals surface area contributed by atoms with Crippen LogP contribution in [0.3, 0.4) is 0 Å². The number of nitrogens with two attached hydrogens (primary N) is 1. The Morgan fingerprint density at radius 3 is 1.57 bits per heavy atom.